The molecule has 0 spiro atoms. The molecule has 1 heterocycles. The molecule has 0 saturated carbocycles. The Morgan fingerprint density at radius 2 is 2.31 bits per heavy atom. The third-order valence-electron chi connectivity index (χ3n) is 2.36. The smallest absolute Gasteiger partial charge is 0.123 e. The number of rotatable bonds is 1. The summed E-state index contributed by atoms with van der Waals surface area (Å²) in [5, 5.41) is 0. The Labute approximate surface area is 77.7 Å². The van der Waals surface area contributed by atoms with Crippen molar-refractivity contribution >= 4 is 0 Å². The minimum atomic E-state index is -0.247. The minimum Gasteiger partial charge on any atom is -0.493 e. The summed E-state index contributed by atoms with van der Waals surface area (Å²) < 4.78 is 5.46. The van der Waals surface area contributed by atoms with Gasteiger partial charge in [-0.3, -0.25) is 0 Å². The van der Waals surface area contributed by atoms with Crippen LogP contribution in [0.1, 0.15) is 11.5 Å². The lowest BCUT2D eigenvalue weighted by Crippen LogP contribution is -2.27. The molecule has 0 aromatic heterocycles. The number of fused-ring (bicyclic) bond motifs is 1. The van der Waals surface area contributed by atoms with Gasteiger partial charge in [0.15, 0.2) is 0 Å². The molecule has 0 amide bonds. The molecule has 1 aliphatic rings. The van der Waals surface area contributed by atoms with Gasteiger partial charge in [-0.1, -0.05) is 24.1 Å². The van der Waals surface area contributed by atoms with Gasteiger partial charge in [-0.25, -0.2) is 0 Å². The van der Waals surface area contributed by atoms with E-state index in [-0.39, 0.29) is 12.0 Å². The second kappa shape index (κ2) is 3.12. The summed E-state index contributed by atoms with van der Waals surface area (Å²) in [4.78, 5) is 0. The van der Waals surface area contributed by atoms with E-state index in [9.17, 15) is 0 Å². The van der Waals surface area contributed by atoms with E-state index in [2.05, 4.69) is 5.92 Å². The van der Waals surface area contributed by atoms with Gasteiger partial charge in [0.25, 0.3) is 0 Å². The number of hydrogen-bond acceptors (Lipinski definition) is 2. The number of ether oxygens (including phenoxy) is 1. The Morgan fingerprint density at radius 1 is 1.54 bits per heavy atom. The maximum Gasteiger partial charge on any atom is 0.123 e. The van der Waals surface area contributed by atoms with E-state index in [1.807, 2.05) is 24.3 Å². The van der Waals surface area contributed by atoms with Gasteiger partial charge in [0.1, 0.15) is 5.75 Å². The first-order valence-electron chi connectivity index (χ1n) is 4.26. The average Bonchev–Trinajstić information content (AvgIpc) is 2.60. The lowest BCUT2D eigenvalue weighted by molar-refractivity contribution is 0.325. The highest BCUT2D eigenvalue weighted by atomic mass is 16.5. The highest BCUT2D eigenvalue weighted by molar-refractivity contribution is 5.41. The van der Waals surface area contributed by atoms with E-state index < -0.39 is 0 Å². The fraction of sp³-hybridized carbons (Fsp3) is 0.273. The maximum atomic E-state index is 5.78. The first-order chi connectivity index (χ1) is 6.33. The van der Waals surface area contributed by atoms with Gasteiger partial charge in [0, 0.05) is 11.5 Å². The van der Waals surface area contributed by atoms with Crippen LogP contribution in [0.5, 0.6) is 5.75 Å². The second-order valence-corrected chi connectivity index (χ2v) is 3.15. The second-order valence-electron chi connectivity index (χ2n) is 3.15. The number of terminal acetylenes is 1. The van der Waals surface area contributed by atoms with Crippen LogP contribution in [0.4, 0.5) is 0 Å². The summed E-state index contributed by atoms with van der Waals surface area (Å²) in [5.74, 6) is 3.61. The van der Waals surface area contributed by atoms with Crippen molar-refractivity contribution in [3.8, 4) is 18.1 Å². The largest absolute Gasteiger partial charge is 0.493 e. The maximum absolute atomic E-state index is 5.78. The Balaban J connectivity index is 2.34. The fourth-order valence-electron chi connectivity index (χ4n) is 1.60. The standard InChI is InChI=1S/C11H11NO/c1-2-10(12)9-7-13-11-6-4-3-5-8(9)11/h1,3-6,9-10H,7,12H2. The van der Waals surface area contributed by atoms with Crippen molar-refractivity contribution in [2.24, 2.45) is 5.73 Å². The van der Waals surface area contributed by atoms with Crippen LogP contribution in [0.15, 0.2) is 24.3 Å². The fourth-order valence-corrected chi connectivity index (χ4v) is 1.60. The lowest BCUT2D eigenvalue weighted by atomic mass is 9.95. The number of para-hydroxylation sites is 1. The molecule has 1 aromatic rings. The van der Waals surface area contributed by atoms with Crippen molar-refractivity contribution in [2.45, 2.75) is 12.0 Å². The van der Waals surface area contributed by atoms with E-state index in [4.69, 9.17) is 16.9 Å². The molecule has 0 bridgehead atoms. The van der Waals surface area contributed by atoms with E-state index in [0.29, 0.717) is 6.61 Å². The van der Waals surface area contributed by atoms with E-state index in [1.165, 1.54) is 0 Å². The van der Waals surface area contributed by atoms with Crippen LogP contribution in [-0.2, 0) is 0 Å². The molecule has 2 nitrogen and oxygen atoms in total. The average molecular weight is 173 g/mol. The summed E-state index contributed by atoms with van der Waals surface area (Å²) in [6.45, 7) is 0.602. The minimum absolute atomic E-state index is 0.154. The van der Waals surface area contributed by atoms with Crippen molar-refractivity contribution in [3.05, 3.63) is 29.8 Å². The molecule has 2 unspecified atom stereocenters. The van der Waals surface area contributed by atoms with Gasteiger partial charge < -0.3 is 10.5 Å². The van der Waals surface area contributed by atoms with Gasteiger partial charge in [-0.15, -0.1) is 6.42 Å². The van der Waals surface area contributed by atoms with Crippen LogP contribution in [-0.4, -0.2) is 12.6 Å². The Morgan fingerprint density at radius 3 is 3.08 bits per heavy atom. The molecule has 0 fully saturated rings. The summed E-state index contributed by atoms with van der Waals surface area (Å²) >= 11 is 0. The molecule has 13 heavy (non-hydrogen) atoms. The van der Waals surface area contributed by atoms with Crippen LogP contribution in [0.3, 0.4) is 0 Å². The summed E-state index contributed by atoms with van der Waals surface area (Å²) in [6, 6.07) is 7.64. The monoisotopic (exact) mass is 173 g/mol. The normalized spacial score (nSPS) is 21.4. The van der Waals surface area contributed by atoms with Gasteiger partial charge in [-0.2, -0.15) is 0 Å². The van der Waals surface area contributed by atoms with E-state index >= 15 is 0 Å². The van der Waals surface area contributed by atoms with Crippen molar-refractivity contribution in [2.75, 3.05) is 6.61 Å². The van der Waals surface area contributed by atoms with Gasteiger partial charge >= 0.3 is 0 Å². The summed E-state index contributed by atoms with van der Waals surface area (Å²) in [7, 11) is 0. The van der Waals surface area contributed by atoms with Crippen LogP contribution >= 0.6 is 0 Å². The summed E-state index contributed by atoms with van der Waals surface area (Å²) in [6.07, 6.45) is 5.28. The molecule has 0 radical (unpaired) electrons. The van der Waals surface area contributed by atoms with E-state index in [1.54, 1.807) is 0 Å². The highest BCUT2D eigenvalue weighted by Gasteiger charge is 2.27. The molecule has 66 valence electrons. The Bertz CT molecular complexity index is 353. The number of hydrogen-bond donors (Lipinski definition) is 1. The zero-order valence-electron chi connectivity index (χ0n) is 7.23. The summed E-state index contributed by atoms with van der Waals surface area (Å²) in [5.41, 5.74) is 6.91. The van der Waals surface area contributed by atoms with Gasteiger partial charge in [0.05, 0.1) is 12.6 Å². The van der Waals surface area contributed by atoms with Gasteiger partial charge in [0.2, 0.25) is 0 Å². The lowest BCUT2D eigenvalue weighted by Gasteiger charge is -2.11. The van der Waals surface area contributed by atoms with Gasteiger partial charge in [-0.05, 0) is 6.07 Å². The topological polar surface area (TPSA) is 35.2 Å². The van der Waals surface area contributed by atoms with Crippen LogP contribution in [0.25, 0.3) is 0 Å². The van der Waals surface area contributed by atoms with Crippen LogP contribution in [0.2, 0.25) is 0 Å². The Hall–Kier alpha value is -1.46. The zero-order chi connectivity index (χ0) is 9.26. The highest BCUT2D eigenvalue weighted by Crippen LogP contribution is 2.34. The Kier molecular flexibility index (Phi) is 1.96. The van der Waals surface area contributed by atoms with Crippen molar-refractivity contribution in [1.82, 2.24) is 0 Å². The number of nitrogens with two attached hydrogens (primary N) is 1. The molecule has 2 rings (SSSR count). The predicted octanol–water partition coefficient (Wildman–Crippen LogP) is 1.12. The molecule has 0 saturated heterocycles. The molecular formula is C11H11NO. The molecule has 1 aliphatic heterocycles. The molecule has 2 N–H and O–H groups in total. The SMILES string of the molecule is C#CC(N)C1COc2ccccc21. The first-order valence-corrected chi connectivity index (χ1v) is 4.26. The molecule has 2 heteroatoms. The molecule has 2 atom stereocenters. The third-order valence-corrected chi connectivity index (χ3v) is 2.36. The van der Waals surface area contributed by atoms with Crippen molar-refractivity contribution in [3.63, 3.8) is 0 Å². The zero-order valence-corrected chi connectivity index (χ0v) is 7.23. The molecular weight excluding hydrogens is 162 g/mol. The van der Waals surface area contributed by atoms with Crippen molar-refractivity contribution < 1.29 is 4.74 Å². The predicted molar refractivity (Wildman–Crippen MR) is 51.5 cm³/mol. The molecule has 1 aromatic carbocycles. The quantitative estimate of drug-likeness (QED) is 0.646. The third kappa shape index (κ3) is 1.28. The van der Waals surface area contributed by atoms with Crippen LogP contribution in [0, 0.1) is 12.3 Å². The van der Waals surface area contributed by atoms with Crippen molar-refractivity contribution in [1.29, 1.82) is 0 Å². The van der Waals surface area contributed by atoms with Crippen LogP contribution < -0.4 is 10.5 Å². The molecule has 0 aliphatic carbocycles. The number of benzene rings is 1. The van der Waals surface area contributed by atoms with E-state index in [0.717, 1.165) is 11.3 Å². The first kappa shape index (κ1) is 8.15.